The standard InChI is InChI=1S/C41H56N4O4/c1-3-4-5-6-7-8-9-10-11-12-13-14-15-16-17-18-19-20-24-27-39(47)43-33-36(45-30-28-42-29-31-45)34-44-40(48)37-32-38(46)41(2,49-37)35-25-22-21-23-26-35/h4-5,7-8,10-11,13-14,16-17,19-23,25-26,32,36,42H,3,6,9,12,15,18,24,27-31,33-34H2,1-2H3,(H,43,47)(H,44,48). The molecule has 0 aliphatic carbocycles. The lowest BCUT2D eigenvalue weighted by Crippen LogP contribution is -2.55. The molecule has 0 radical (unpaired) electrons. The second kappa shape index (κ2) is 23.1. The highest BCUT2D eigenvalue weighted by Gasteiger charge is 2.43. The number of carbonyl (C=O) groups is 3. The van der Waals surface area contributed by atoms with Crippen LogP contribution in [0.4, 0.5) is 0 Å². The second-order valence-electron chi connectivity index (χ2n) is 12.3. The van der Waals surface area contributed by atoms with Gasteiger partial charge in [-0.3, -0.25) is 19.3 Å². The number of carbonyl (C=O) groups excluding carboxylic acids is 3. The molecule has 49 heavy (non-hydrogen) atoms. The van der Waals surface area contributed by atoms with Gasteiger partial charge in [-0.1, -0.05) is 110 Å². The minimum absolute atomic E-state index is 0.0100. The quantitative estimate of drug-likeness (QED) is 0.132. The van der Waals surface area contributed by atoms with E-state index >= 15 is 0 Å². The Morgan fingerprint density at radius 3 is 1.92 bits per heavy atom. The van der Waals surface area contributed by atoms with Crippen LogP contribution in [0.1, 0.15) is 70.8 Å². The molecule has 8 nitrogen and oxygen atoms in total. The molecule has 0 saturated carbocycles. The fraction of sp³-hybridized carbons (Fsp3) is 0.439. The fourth-order valence-electron chi connectivity index (χ4n) is 5.48. The molecule has 2 atom stereocenters. The van der Waals surface area contributed by atoms with Gasteiger partial charge in [-0.15, -0.1) is 0 Å². The molecule has 264 valence electrons. The molecule has 2 aliphatic rings. The Hall–Kier alpha value is -4.27. The number of amides is 2. The zero-order valence-electron chi connectivity index (χ0n) is 29.4. The first-order chi connectivity index (χ1) is 23.9. The van der Waals surface area contributed by atoms with Crippen LogP contribution in [0.3, 0.4) is 0 Å². The molecular formula is C41H56N4O4. The van der Waals surface area contributed by atoms with E-state index in [-0.39, 0.29) is 23.5 Å². The number of nitrogens with one attached hydrogen (secondary N) is 3. The number of hydrogen-bond donors (Lipinski definition) is 3. The summed E-state index contributed by atoms with van der Waals surface area (Å²) >= 11 is 0. The minimum atomic E-state index is -1.22. The van der Waals surface area contributed by atoms with Gasteiger partial charge in [0.1, 0.15) is 0 Å². The largest absolute Gasteiger partial charge is 0.469 e. The van der Waals surface area contributed by atoms with Crippen molar-refractivity contribution in [3.63, 3.8) is 0 Å². The molecule has 1 aromatic carbocycles. The number of nitrogens with zero attached hydrogens (tertiary/aromatic N) is 1. The Kier molecular flexibility index (Phi) is 18.5. The van der Waals surface area contributed by atoms with Crippen LogP contribution in [0.5, 0.6) is 0 Å². The predicted molar refractivity (Wildman–Crippen MR) is 200 cm³/mol. The van der Waals surface area contributed by atoms with E-state index in [1.54, 1.807) is 6.92 Å². The number of ketones is 1. The molecule has 2 amide bonds. The van der Waals surface area contributed by atoms with Crippen LogP contribution in [-0.4, -0.2) is 67.8 Å². The van der Waals surface area contributed by atoms with Crippen molar-refractivity contribution in [2.45, 2.75) is 76.9 Å². The van der Waals surface area contributed by atoms with Gasteiger partial charge in [0.05, 0.1) is 0 Å². The van der Waals surface area contributed by atoms with Gasteiger partial charge < -0.3 is 20.7 Å². The number of rotatable bonds is 21. The van der Waals surface area contributed by atoms with Crippen molar-refractivity contribution in [2.75, 3.05) is 39.3 Å². The Balaban J connectivity index is 1.31. The van der Waals surface area contributed by atoms with Crippen molar-refractivity contribution < 1.29 is 19.1 Å². The van der Waals surface area contributed by atoms with Crippen LogP contribution in [0.15, 0.2) is 115 Å². The summed E-state index contributed by atoms with van der Waals surface area (Å²) in [4.78, 5) is 40.7. The highest BCUT2D eigenvalue weighted by Crippen LogP contribution is 2.34. The third-order valence-corrected chi connectivity index (χ3v) is 8.43. The topological polar surface area (TPSA) is 99.8 Å². The lowest BCUT2D eigenvalue weighted by Gasteiger charge is -2.35. The Labute approximate surface area is 293 Å². The summed E-state index contributed by atoms with van der Waals surface area (Å²) in [5.74, 6) is -0.702. The first-order valence-electron chi connectivity index (χ1n) is 17.8. The molecule has 2 heterocycles. The molecule has 2 aliphatic heterocycles. The van der Waals surface area contributed by atoms with E-state index in [2.05, 4.69) is 94.6 Å². The summed E-state index contributed by atoms with van der Waals surface area (Å²) in [6, 6.07) is 9.10. The van der Waals surface area contributed by atoms with E-state index in [4.69, 9.17) is 4.74 Å². The average molecular weight is 669 g/mol. The van der Waals surface area contributed by atoms with E-state index in [9.17, 15) is 14.4 Å². The number of benzene rings is 1. The molecule has 1 fully saturated rings. The molecule has 3 N–H and O–H groups in total. The lowest BCUT2D eigenvalue weighted by atomic mass is 9.92. The van der Waals surface area contributed by atoms with Gasteiger partial charge in [0.2, 0.25) is 11.7 Å². The summed E-state index contributed by atoms with van der Waals surface area (Å²) in [5.41, 5.74) is -0.521. The maximum Gasteiger partial charge on any atom is 0.286 e. The molecule has 0 aromatic heterocycles. The number of hydrogen-bond acceptors (Lipinski definition) is 6. The van der Waals surface area contributed by atoms with E-state index < -0.39 is 11.5 Å². The van der Waals surface area contributed by atoms with Crippen LogP contribution >= 0.6 is 0 Å². The van der Waals surface area contributed by atoms with Crippen LogP contribution in [0.25, 0.3) is 0 Å². The van der Waals surface area contributed by atoms with Crippen molar-refractivity contribution in [2.24, 2.45) is 0 Å². The molecule has 2 unspecified atom stereocenters. The van der Waals surface area contributed by atoms with Crippen LogP contribution in [-0.2, 0) is 24.7 Å². The molecular weight excluding hydrogens is 612 g/mol. The zero-order valence-corrected chi connectivity index (χ0v) is 29.4. The van der Waals surface area contributed by atoms with E-state index in [0.29, 0.717) is 31.5 Å². The molecule has 1 saturated heterocycles. The maximum atomic E-state index is 13.0. The molecule has 0 spiro atoms. The van der Waals surface area contributed by atoms with Crippen molar-refractivity contribution in [1.82, 2.24) is 20.9 Å². The second-order valence-corrected chi connectivity index (χ2v) is 12.3. The maximum absolute atomic E-state index is 13.0. The summed E-state index contributed by atoms with van der Waals surface area (Å²) in [6.07, 6.45) is 34.2. The van der Waals surface area contributed by atoms with Crippen molar-refractivity contribution in [3.8, 4) is 0 Å². The highest BCUT2D eigenvalue weighted by atomic mass is 16.5. The van der Waals surface area contributed by atoms with Crippen LogP contribution in [0, 0.1) is 0 Å². The molecule has 3 rings (SSSR count). The van der Waals surface area contributed by atoms with E-state index in [0.717, 1.165) is 64.7 Å². The average Bonchev–Trinajstić information content (AvgIpc) is 3.44. The smallest absolute Gasteiger partial charge is 0.286 e. The summed E-state index contributed by atoms with van der Waals surface area (Å²) < 4.78 is 5.90. The number of allylic oxidation sites excluding steroid dienone is 12. The molecule has 8 heteroatoms. The summed E-state index contributed by atoms with van der Waals surface area (Å²) in [5, 5.41) is 9.34. The van der Waals surface area contributed by atoms with Gasteiger partial charge in [0, 0.05) is 63.4 Å². The highest BCUT2D eigenvalue weighted by molar-refractivity contribution is 6.07. The van der Waals surface area contributed by atoms with Crippen molar-refractivity contribution in [3.05, 3.63) is 121 Å². The fourth-order valence-corrected chi connectivity index (χ4v) is 5.48. The third kappa shape index (κ3) is 14.8. The third-order valence-electron chi connectivity index (χ3n) is 8.43. The van der Waals surface area contributed by atoms with Gasteiger partial charge >= 0.3 is 0 Å². The Morgan fingerprint density at radius 1 is 0.816 bits per heavy atom. The van der Waals surface area contributed by atoms with Crippen molar-refractivity contribution in [1.29, 1.82) is 0 Å². The monoisotopic (exact) mass is 668 g/mol. The number of piperazine rings is 1. The Bertz CT molecular complexity index is 1370. The van der Waals surface area contributed by atoms with Gasteiger partial charge in [-0.05, 0) is 51.9 Å². The summed E-state index contributed by atoms with van der Waals surface area (Å²) in [7, 11) is 0. The molecule has 1 aromatic rings. The van der Waals surface area contributed by atoms with Crippen LogP contribution < -0.4 is 16.0 Å². The SMILES string of the molecule is CCC=CCC=CCC=CCC=CCC=CCC=CCCC(=O)NCC(CNC(=O)C1=CC(=O)C(C)(c2ccccc2)O1)N1CCNCC1. The van der Waals surface area contributed by atoms with E-state index in [1.165, 1.54) is 6.08 Å². The Morgan fingerprint density at radius 2 is 1.35 bits per heavy atom. The van der Waals surface area contributed by atoms with E-state index in [1.807, 2.05) is 36.4 Å². The van der Waals surface area contributed by atoms with Gasteiger partial charge in [0.15, 0.2) is 11.4 Å². The number of ether oxygens (including phenoxy) is 1. The first-order valence-corrected chi connectivity index (χ1v) is 17.8. The summed E-state index contributed by atoms with van der Waals surface area (Å²) in [6.45, 7) is 7.90. The minimum Gasteiger partial charge on any atom is -0.469 e. The van der Waals surface area contributed by atoms with Gasteiger partial charge in [-0.2, -0.15) is 0 Å². The predicted octanol–water partition coefficient (Wildman–Crippen LogP) is 6.37. The molecule has 0 bridgehead atoms. The van der Waals surface area contributed by atoms with Crippen molar-refractivity contribution >= 4 is 17.6 Å². The first kappa shape index (κ1) is 39.2. The zero-order chi connectivity index (χ0) is 35.0. The van der Waals surface area contributed by atoms with Gasteiger partial charge in [-0.25, -0.2) is 0 Å². The van der Waals surface area contributed by atoms with Gasteiger partial charge in [0.25, 0.3) is 5.91 Å². The lowest BCUT2D eigenvalue weighted by molar-refractivity contribution is -0.132. The van der Waals surface area contributed by atoms with Crippen LogP contribution in [0.2, 0.25) is 0 Å². The normalized spacial score (nSPS) is 19.6.